The number of nitrogens with one attached hydrogen (secondary N) is 1. The van der Waals surface area contributed by atoms with Crippen LogP contribution in [0.4, 0.5) is 0 Å². The molecule has 4 nitrogen and oxygen atoms in total. The largest absolute Gasteiger partial charge is 0.376 e. The summed E-state index contributed by atoms with van der Waals surface area (Å²) in [5.41, 5.74) is -0.0742. The summed E-state index contributed by atoms with van der Waals surface area (Å²) in [4.78, 5) is 14.5. The number of carbonyl (C=O) groups is 1. The molecule has 110 valence electrons. The van der Waals surface area contributed by atoms with Crippen molar-refractivity contribution in [3.8, 4) is 0 Å². The summed E-state index contributed by atoms with van der Waals surface area (Å²) < 4.78 is 5.68. The lowest BCUT2D eigenvalue weighted by atomic mass is 9.79. The topological polar surface area (TPSA) is 41.6 Å². The maximum Gasteiger partial charge on any atom is 0.241 e. The summed E-state index contributed by atoms with van der Waals surface area (Å²) >= 11 is 0. The van der Waals surface area contributed by atoms with Crippen molar-refractivity contribution in [3.05, 3.63) is 0 Å². The number of amides is 1. The van der Waals surface area contributed by atoms with Crippen molar-refractivity contribution in [2.75, 3.05) is 13.7 Å². The number of carbonyl (C=O) groups excluding carboxylic acids is 1. The molecular formula is C15H28N2O2. The Kier molecular flexibility index (Phi) is 4.51. The first kappa shape index (κ1) is 14.8. The number of ether oxygens (including phenoxy) is 1. The molecule has 19 heavy (non-hydrogen) atoms. The number of rotatable bonds is 6. The minimum absolute atomic E-state index is 0.00210. The van der Waals surface area contributed by atoms with E-state index < -0.39 is 0 Å². The molecule has 1 saturated carbocycles. The quantitative estimate of drug-likeness (QED) is 0.802. The number of nitrogens with zero attached hydrogens (tertiary/aromatic N) is 1. The van der Waals surface area contributed by atoms with Crippen molar-refractivity contribution in [2.24, 2.45) is 5.92 Å². The molecule has 0 aromatic rings. The van der Waals surface area contributed by atoms with Crippen molar-refractivity contribution in [2.45, 2.75) is 70.7 Å². The van der Waals surface area contributed by atoms with Crippen LogP contribution in [-0.4, -0.2) is 42.3 Å². The van der Waals surface area contributed by atoms with Gasteiger partial charge in [0.25, 0.3) is 0 Å². The molecule has 1 aliphatic heterocycles. The maximum absolute atomic E-state index is 12.5. The Morgan fingerprint density at radius 3 is 2.58 bits per heavy atom. The lowest BCUT2D eigenvalue weighted by molar-refractivity contribution is -0.140. The fraction of sp³-hybridized carbons (Fsp3) is 0.933. The fourth-order valence-corrected chi connectivity index (χ4v) is 3.18. The monoisotopic (exact) mass is 268 g/mol. The van der Waals surface area contributed by atoms with Crippen LogP contribution < -0.4 is 5.32 Å². The van der Waals surface area contributed by atoms with Crippen LogP contribution in [0.25, 0.3) is 0 Å². The molecule has 0 aromatic carbocycles. The molecule has 0 radical (unpaired) electrons. The van der Waals surface area contributed by atoms with Gasteiger partial charge < -0.3 is 9.64 Å². The molecule has 0 bridgehead atoms. The predicted molar refractivity (Wildman–Crippen MR) is 75.8 cm³/mol. The standard InChI is InChI=1S/C15H28N2O2/c1-5-12-14(18)17(13(16-12)9-11(2)3)10-15(19-4)7-6-8-15/h11-13,16H,5-10H2,1-4H3. The Morgan fingerprint density at radius 2 is 2.16 bits per heavy atom. The van der Waals surface area contributed by atoms with E-state index in [0.717, 1.165) is 32.2 Å². The van der Waals surface area contributed by atoms with Crippen molar-refractivity contribution in [3.63, 3.8) is 0 Å². The summed E-state index contributed by atoms with van der Waals surface area (Å²) in [5.74, 6) is 0.847. The van der Waals surface area contributed by atoms with E-state index >= 15 is 0 Å². The van der Waals surface area contributed by atoms with E-state index in [1.807, 2.05) is 4.90 Å². The molecule has 1 N–H and O–H groups in total. The van der Waals surface area contributed by atoms with Crippen molar-refractivity contribution in [1.29, 1.82) is 0 Å². The first-order chi connectivity index (χ1) is 9.01. The lowest BCUT2D eigenvalue weighted by Crippen LogP contribution is -2.53. The number of hydrogen-bond donors (Lipinski definition) is 1. The molecule has 0 spiro atoms. The number of hydrogen-bond acceptors (Lipinski definition) is 3. The van der Waals surface area contributed by atoms with Gasteiger partial charge in [0, 0.05) is 7.11 Å². The van der Waals surface area contributed by atoms with E-state index in [1.165, 1.54) is 6.42 Å². The van der Waals surface area contributed by atoms with E-state index in [0.29, 0.717) is 5.92 Å². The Balaban J connectivity index is 2.07. The Morgan fingerprint density at radius 1 is 1.47 bits per heavy atom. The maximum atomic E-state index is 12.5. The molecular weight excluding hydrogens is 240 g/mol. The van der Waals surface area contributed by atoms with Crippen molar-refractivity contribution < 1.29 is 9.53 Å². The third kappa shape index (κ3) is 2.95. The lowest BCUT2D eigenvalue weighted by Gasteiger charge is -2.44. The molecule has 2 unspecified atom stereocenters. The summed E-state index contributed by atoms with van der Waals surface area (Å²) in [6.07, 6.45) is 5.45. The Bertz CT molecular complexity index is 321. The highest BCUT2D eigenvalue weighted by Gasteiger charge is 2.45. The molecule has 1 heterocycles. The minimum Gasteiger partial charge on any atom is -0.376 e. The van der Waals surface area contributed by atoms with Crippen molar-refractivity contribution >= 4 is 5.91 Å². The third-order valence-electron chi connectivity index (χ3n) is 4.61. The predicted octanol–water partition coefficient (Wildman–Crippen LogP) is 2.14. The van der Waals surface area contributed by atoms with Gasteiger partial charge in [-0.1, -0.05) is 20.8 Å². The molecule has 1 saturated heterocycles. The minimum atomic E-state index is -0.0742. The van der Waals surface area contributed by atoms with Crippen LogP contribution in [0.5, 0.6) is 0 Å². The highest BCUT2D eigenvalue weighted by atomic mass is 16.5. The van der Waals surface area contributed by atoms with Crippen molar-refractivity contribution in [1.82, 2.24) is 10.2 Å². The molecule has 1 aliphatic carbocycles. The van der Waals surface area contributed by atoms with Crippen LogP contribution in [0.2, 0.25) is 0 Å². The van der Waals surface area contributed by atoms with Crippen LogP contribution in [0.3, 0.4) is 0 Å². The highest BCUT2D eigenvalue weighted by Crippen LogP contribution is 2.37. The van der Waals surface area contributed by atoms with Gasteiger partial charge in [-0.05, 0) is 38.0 Å². The van der Waals surface area contributed by atoms with Gasteiger partial charge in [0.1, 0.15) is 0 Å². The van der Waals surface area contributed by atoms with Crippen LogP contribution in [0, 0.1) is 5.92 Å². The summed E-state index contributed by atoms with van der Waals surface area (Å²) in [7, 11) is 1.78. The average molecular weight is 268 g/mol. The second-order valence-electron chi connectivity index (χ2n) is 6.48. The average Bonchev–Trinajstić information content (AvgIpc) is 2.60. The third-order valence-corrected chi connectivity index (χ3v) is 4.61. The molecule has 1 amide bonds. The van der Waals surface area contributed by atoms with Gasteiger partial charge in [-0.3, -0.25) is 10.1 Å². The molecule has 2 rings (SSSR count). The zero-order valence-corrected chi connectivity index (χ0v) is 12.7. The van der Waals surface area contributed by atoms with Gasteiger partial charge in [-0.25, -0.2) is 0 Å². The molecule has 2 aliphatic rings. The van der Waals surface area contributed by atoms with E-state index in [9.17, 15) is 4.79 Å². The fourth-order valence-electron chi connectivity index (χ4n) is 3.18. The molecule has 0 aromatic heterocycles. The smallest absolute Gasteiger partial charge is 0.241 e. The summed E-state index contributed by atoms with van der Waals surface area (Å²) in [5, 5.41) is 3.49. The zero-order chi connectivity index (χ0) is 14.0. The number of methoxy groups -OCH3 is 1. The highest BCUT2D eigenvalue weighted by molar-refractivity contribution is 5.84. The first-order valence-corrected chi connectivity index (χ1v) is 7.63. The zero-order valence-electron chi connectivity index (χ0n) is 12.7. The Labute approximate surface area is 116 Å². The normalized spacial score (nSPS) is 29.9. The van der Waals surface area contributed by atoms with Gasteiger partial charge in [0.2, 0.25) is 5.91 Å². The second-order valence-corrected chi connectivity index (χ2v) is 6.48. The summed E-state index contributed by atoms with van der Waals surface area (Å²) in [6.45, 7) is 7.24. The SMILES string of the molecule is CCC1NC(CC(C)C)N(CC2(OC)CCC2)C1=O. The van der Waals surface area contributed by atoms with Crippen LogP contribution >= 0.6 is 0 Å². The summed E-state index contributed by atoms with van der Waals surface area (Å²) in [6, 6.07) is -0.00210. The van der Waals surface area contributed by atoms with E-state index in [1.54, 1.807) is 7.11 Å². The van der Waals surface area contributed by atoms with Gasteiger partial charge in [0.15, 0.2) is 0 Å². The molecule has 4 heteroatoms. The molecule has 2 fully saturated rings. The van der Waals surface area contributed by atoms with E-state index in [2.05, 4.69) is 26.1 Å². The van der Waals surface area contributed by atoms with Crippen LogP contribution in [0.1, 0.15) is 52.9 Å². The molecule has 2 atom stereocenters. The first-order valence-electron chi connectivity index (χ1n) is 7.63. The van der Waals surface area contributed by atoms with Gasteiger partial charge in [0.05, 0.1) is 24.4 Å². The van der Waals surface area contributed by atoms with E-state index in [-0.39, 0.29) is 23.7 Å². The van der Waals surface area contributed by atoms with Crippen LogP contribution in [-0.2, 0) is 9.53 Å². The van der Waals surface area contributed by atoms with E-state index in [4.69, 9.17) is 4.74 Å². The Hall–Kier alpha value is -0.610. The van der Waals surface area contributed by atoms with Gasteiger partial charge in [-0.15, -0.1) is 0 Å². The van der Waals surface area contributed by atoms with Gasteiger partial charge in [-0.2, -0.15) is 0 Å². The van der Waals surface area contributed by atoms with Gasteiger partial charge >= 0.3 is 0 Å². The second kappa shape index (κ2) is 5.80. The van der Waals surface area contributed by atoms with Crippen LogP contribution in [0.15, 0.2) is 0 Å².